The van der Waals surface area contributed by atoms with E-state index in [1.165, 1.54) is 6.20 Å². The first-order valence-corrected chi connectivity index (χ1v) is 10.9. The number of amides is 1. The van der Waals surface area contributed by atoms with E-state index in [0.717, 1.165) is 19.0 Å². The lowest BCUT2D eigenvalue weighted by atomic mass is 10.2. The molecule has 1 aliphatic heterocycles. The van der Waals surface area contributed by atoms with Gasteiger partial charge in [-0.15, -0.1) is 0 Å². The van der Waals surface area contributed by atoms with Gasteiger partial charge < -0.3 is 20.6 Å². The molecule has 2 aromatic rings. The first kappa shape index (κ1) is 20.4. The number of aliphatic hydroxyl groups is 1. The van der Waals surface area contributed by atoms with Crippen molar-refractivity contribution in [2.24, 2.45) is 17.8 Å². The van der Waals surface area contributed by atoms with Gasteiger partial charge in [0, 0.05) is 24.9 Å². The van der Waals surface area contributed by atoms with Crippen LogP contribution in [0.2, 0.25) is 5.02 Å². The standard InChI is InChI=1S/C21H24ClFN6O2/c1-10-14-8-29(9-21(10,14)28-19(31)12-3-4-12)18-16(23)7-25-20(27-18)26-13-5-15(22)17(11(2)30)24-6-13/h5-7,10-12,14,30H,3-4,8-9H2,1-2H3,(H,28,31)(H,25,26,27)/t10-,11+,14+,21-/m0/s1. The molecule has 0 aromatic carbocycles. The normalized spacial score (nSPS) is 27.6. The highest BCUT2D eigenvalue weighted by molar-refractivity contribution is 6.31. The fourth-order valence-electron chi connectivity index (χ4n) is 4.60. The van der Waals surface area contributed by atoms with Gasteiger partial charge in [-0.2, -0.15) is 4.98 Å². The number of carbonyl (C=O) groups excluding carboxylic acids is 1. The van der Waals surface area contributed by atoms with Crippen molar-refractivity contribution in [2.45, 2.75) is 38.3 Å². The maximum absolute atomic E-state index is 14.6. The van der Waals surface area contributed by atoms with Crippen molar-refractivity contribution in [3.05, 3.63) is 35.0 Å². The van der Waals surface area contributed by atoms with Crippen LogP contribution in [0.3, 0.4) is 0 Å². The molecule has 0 radical (unpaired) electrons. The number of piperidine rings is 1. The lowest BCUT2D eigenvalue weighted by molar-refractivity contribution is -0.123. The van der Waals surface area contributed by atoms with Crippen molar-refractivity contribution in [2.75, 3.05) is 23.3 Å². The van der Waals surface area contributed by atoms with Gasteiger partial charge in [0.05, 0.1) is 40.4 Å². The maximum atomic E-state index is 14.6. The zero-order valence-corrected chi connectivity index (χ0v) is 18.0. The molecule has 1 amide bonds. The molecule has 3 fully saturated rings. The van der Waals surface area contributed by atoms with Crippen LogP contribution in [0.1, 0.15) is 38.5 Å². The molecule has 5 rings (SSSR count). The number of carbonyl (C=O) groups is 1. The predicted molar refractivity (Wildman–Crippen MR) is 114 cm³/mol. The number of hydrogen-bond donors (Lipinski definition) is 3. The summed E-state index contributed by atoms with van der Waals surface area (Å²) in [5.74, 6) is 0.826. The van der Waals surface area contributed by atoms with Crippen LogP contribution in [-0.2, 0) is 4.79 Å². The summed E-state index contributed by atoms with van der Waals surface area (Å²) in [6.45, 7) is 4.88. The number of aliphatic hydroxyl groups excluding tert-OH is 1. The van der Waals surface area contributed by atoms with Gasteiger partial charge >= 0.3 is 0 Å². The van der Waals surface area contributed by atoms with Crippen LogP contribution < -0.4 is 15.5 Å². The molecule has 10 heteroatoms. The van der Waals surface area contributed by atoms with E-state index >= 15 is 0 Å². The lowest BCUT2D eigenvalue weighted by Crippen LogP contribution is -2.45. The molecule has 0 unspecified atom stereocenters. The van der Waals surface area contributed by atoms with E-state index in [2.05, 4.69) is 32.5 Å². The van der Waals surface area contributed by atoms with Gasteiger partial charge in [-0.1, -0.05) is 18.5 Å². The largest absolute Gasteiger partial charge is 0.387 e. The van der Waals surface area contributed by atoms with Crippen molar-refractivity contribution in [3.63, 3.8) is 0 Å². The molecule has 3 N–H and O–H groups in total. The molecule has 3 aliphatic rings. The molecule has 4 atom stereocenters. The number of nitrogens with zero attached hydrogens (tertiary/aromatic N) is 4. The second-order valence-electron chi connectivity index (χ2n) is 8.84. The Morgan fingerprint density at radius 1 is 1.39 bits per heavy atom. The number of pyridine rings is 1. The zero-order valence-electron chi connectivity index (χ0n) is 17.3. The first-order valence-electron chi connectivity index (χ1n) is 10.5. The molecule has 2 saturated carbocycles. The third-order valence-electron chi connectivity index (χ3n) is 6.69. The average Bonchev–Trinajstić information content (AvgIpc) is 3.61. The third kappa shape index (κ3) is 3.59. The Bertz CT molecular complexity index is 1050. The molecule has 164 valence electrons. The average molecular weight is 447 g/mol. The van der Waals surface area contributed by atoms with Crippen molar-refractivity contribution in [1.82, 2.24) is 20.3 Å². The van der Waals surface area contributed by atoms with Crippen LogP contribution in [0.5, 0.6) is 0 Å². The Kier molecular flexibility index (Phi) is 4.78. The Labute approximate surface area is 184 Å². The highest BCUT2D eigenvalue weighted by Crippen LogP contribution is 2.56. The summed E-state index contributed by atoms with van der Waals surface area (Å²) in [4.78, 5) is 26.7. The van der Waals surface area contributed by atoms with Crippen LogP contribution in [0.4, 0.5) is 21.8 Å². The first-order chi connectivity index (χ1) is 14.8. The van der Waals surface area contributed by atoms with Crippen LogP contribution in [0.25, 0.3) is 0 Å². The van der Waals surface area contributed by atoms with E-state index in [0.29, 0.717) is 35.4 Å². The van der Waals surface area contributed by atoms with E-state index in [9.17, 15) is 14.3 Å². The number of fused-ring (bicyclic) bond motifs is 1. The summed E-state index contributed by atoms with van der Waals surface area (Å²) in [5, 5.41) is 16.2. The monoisotopic (exact) mass is 446 g/mol. The smallest absolute Gasteiger partial charge is 0.229 e. The number of anilines is 3. The van der Waals surface area contributed by atoms with E-state index in [1.54, 1.807) is 13.0 Å². The third-order valence-corrected chi connectivity index (χ3v) is 6.99. The summed E-state index contributed by atoms with van der Waals surface area (Å²) in [5.41, 5.74) is 0.605. The molecular weight excluding hydrogens is 423 g/mol. The van der Waals surface area contributed by atoms with Gasteiger partial charge in [0.15, 0.2) is 11.6 Å². The number of rotatable bonds is 6. The molecule has 31 heavy (non-hydrogen) atoms. The molecule has 1 saturated heterocycles. The van der Waals surface area contributed by atoms with Crippen molar-refractivity contribution < 1.29 is 14.3 Å². The highest BCUT2D eigenvalue weighted by atomic mass is 35.5. The SMILES string of the molecule is C[C@@H](O)c1ncc(Nc2ncc(F)c(N3C[C@@H]4[C@H](C)[C@@]4(NC(=O)C4CC4)C3)n2)cc1Cl. The van der Waals surface area contributed by atoms with Crippen molar-refractivity contribution in [1.29, 1.82) is 0 Å². The number of aromatic nitrogens is 3. The maximum Gasteiger partial charge on any atom is 0.229 e. The second kappa shape index (κ2) is 7.27. The summed E-state index contributed by atoms with van der Waals surface area (Å²) in [6.07, 6.45) is 3.77. The second-order valence-corrected chi connectivity index (χ2v) is 9.24. The van der Waals surface area contributed by atoms with Gasteiger partial charge in [0.25, 0.3) is 0 Å². The van der Waals surface area contributed by atoms with Gasteiger partial charge in [0.2, 0.25) is 11.9 Å². The minimum atomic E-state index is -0.785. The number of hydrogen-bond acceptors (Lipinski definition) is 7. The quantitative estimate of drug-likeness (QED) is 0.626. The molecule has 2 aliphatic carbocycles. The minimum Gasteiger partial charge on any atom is -0.387 e. The Morgan fingerprint density at radius 2 is 2.16 bits per heavy atom. The van der Waals surface area contributed by atoms with Gasteiger partial charge in [-0.05, 0) is 31.7 Å². The van der Waals surface area contributed by atoms with Gasteiger partial charge in [-0.25, -0.2) is 9.37 Å². The summed E-state index contributed by atoms with van der Waals surface area (Å²) < 4.78 is 14.6. The Hall–Kier alpha value is -2.52. The topological polar surface area (TPSA) is 103 Å². The zero-order chi connectivity index (χ0) is 21.9. The van der Waals surface area contributed by atoms with Crippen LogP contribution in [0.15, 0.2) is 18.5 Å². The predicted octanol–water partition coefficient (Wildman–Crippen LogP) is 2.81. The minimum absolute atomic E-state index is 0.117. The number of halogens is 2. The van der Waals surface area contributed by atoms with Gasteiger partial charge in [0.1, 0.15) is 0 Å². The Balaban J connectivity index is 1.33. The fraction of sp³-hybridized carbons (Fsp3) is 0.524. The highest BCUT2D eigenvalue weighted by Gasteiger charge is 2.68. The van der Waals surface area contributed by atoms with Crippen LogP contribution in [-0.4, -0.2) is 44.6 Å². The van der Waals surface area contributed by atoms with E-state index in [-0.39, 0.29) is 35.0 Å². The summed E-state index contributed by atoms with van der Waals surface area (Å²) >= 11 is 6.16. The van der Waals surface area contributed by atoms with E-state index < -0.39 is 11.9 Å². The number of nitrogens with one attached hydrogen (secondary N) is 2. The van der Waals surface area contributed by atoms with E-state index in [4.69, 9.17) is 11.6 Å². The Morgan fingerprint density at radius 3 is 2.84 bits per heavy atom. The molecule has 0 spiro atoms. The van der Waals surface area contributed by atoms with E-state index in [1.807, 2.05) is 4.90 Å². The molecular formula is C21H24ClFN6O2. The molecule has 3 heterocycles. The van der Waals surface area contributed by atoms with Crippen LogP contribution in [0, 0.1) is 23.6 Å². The van der Waals surface area contributed by atoms with Crippen LogP contribution >= 0.6 is 11.6 Å². The van der Waals surface area contributed by atoms with Crippen molar-refractivity contribution >= 4 is 35.0 Å². The fourth-order valence-corrected chi connectivity index (χ4v) is 4.93. The summed E-state index contributed by atoms with van der Waals surface area (Å²) in [7, 11) is 0. The van der Waals surface area contributed by atoms with Crippen molar-refractivity contribution in [3.8, 4) is 0 Å². The summed E-state index contributed by atoms with van der Waals surface area (Å²) in [6, 6.07) is 1.61. The lowest BCUT2D eigenvalue weighted by Gasteiger charge is -2.25. The molecule has 8 nitrogen and oxygen atoms in total. The molecule has 2 aromatic heterocycles. The molecule has 0 bridgehead atoms. The van der Waals surface area contributed by atoms with Gasteiger partial charge in [-0.3, -0.25) is 9.78 Å².